The van der Waals surface area contributed by atoms with E-state index in [4.69, 9.17) is 17.3 Å². The summed E-state index contributed by atoms with van der Waals surface area (Å²) in [6, 6.07) is 3.00. The van der Waals surface area contributed by atoms with Crippen molar-refractivity contribution < 1.29 is 18.0 Å². The third kappa shape index (κ3) is 2.49. The lowest BCUT2D eigenvalue weighted by atomic mass is 10.2. The number of nitrogens with zero attached hydrogens (tertiary/aromatic N) is 1. The molecule has 20 heavy (non-hydrogen) atoms. The fourth-order valence-corrected chi connectivity index (χ4v) is 3.89. The van der Waals surface area contributed by atoms with Crippen LogP contribution < -0.4 is 11.1 Å². The summed E-state index contributed by atoms with van der Waals surface area (Å²) in [5, 5.41) is 2.04. The summed E-state index contributed by atoms with van der Waals surface area (Å²) in [4.78, 5) is 22.7. The molecule has 0 saturated carbocycles. The first-order chi connectivity index (χ1) is 9.23. The van der Waals surface area contributed by atoms with Crippen molar-refractivity contribution in [3.8, 4) is 0 Å². The molecule has 1 aromatic carbocycles. The number of halogens is 1. The van der Waals surface area contributed by atoms with E-state index in [1.165, 1.54) is 25.1 Å². The normalized spacial score (nSPS) is 20.8. The molecule has 1 heterocycles. The Bertz CT molecular complexity index is 689. The molecule has 1 saturated heterocycles. The molecule has 1 aliphatic heterocycles. The van der Waals surface area contributed by atoms with Crippen LogP contribution in [0.4, 0.5) is 5.69 Å². The van der Waals surface area contributed by atoms with Gasteiger partial charge in [0.2, 0.25) is 21.8 Å². The first-order valence-corrected chi connectivity index (χ1v) is 7.46. The highest BCUT2D eigenvalue weighted by Crippen LogP contribution is 2.28. The fraction of sp³-hybridized carbons (Fsp3) is 0.273. The van der Waals surface area contributed by atoms with E-state index in [2.05, 4.69) is 5.32 Å². The maximum absolute atomic E-state index is 12.5. The summed E-state index contributed by atoms with van der Waals surface area (Å²) in [5.41, 5.74) is 5.77. The topological polar surface area (TPSA) is 110 Å². The van der Waals surface area contributed by atoms with Crippen LogP contribution in [-0.2, 0) is 19.6 Å². The number of nitrogen functional groups attached to an aromatic ring is 1. The van der Waals surface area contributed by atoms with Crippen LogP contribution in [0.15, 0.2) is 23.1 Å². The number of piperazine rings is 1. The van der Waals surface area contributed by atoms with E-state index >= 15 is 0 Å². The van der Waals surface area contributed by atoms with E-state index < -0.39 is 34.4 Å². The van der Waals surface area contributed by atoms with Gasteiger partial charge in [0.1, 0.15) is 10.9 Å². The second kappa shape index (κ2) is 5.04. The standard InChI is InChI=1S/C11H12ClN3O4S/c1-6-11(17)14-10(16)5-15(6)20(18,19)9-4-7(13)2-3-8(9)12/h2-4,6H,5,13H2,1H3,(H,14,16,17). The Labute approximate surface area is 120 Å². The van der Waals surface area contributed by atoms with E-state index in [-0.39, 0.29) is 15.6 Å². The van der Waals surface area contributed by atoms with Crippen molar-refractivity contribution >= 4 is 39.1 Å². The molecule has 1 aromatic rings. The van der Waals surface area contributed by atoms with E-state index in [9.17, 15) is 18.0 Å². The molecule has 0 aromatic heterocycles. The molecule has 0 radical (unpaired) electrons. The molecule has 0 aliphatic carbocycles. The molecule has 0 spiro atoms. The van der Waals surface area contributed by atoms with E-state index in [0.29, 0.717) is 0 Å². The second-order valence-corrected chi connectivity index (χ2v) is 6.59. The van der Waals surface area contributed by atoms with Gasteiger partial charge in [0, 0.05) is 5.69 Å². The van der Waals surface area contributed by atoms with Crippen LogP contribution in [-0.4, -0.2) is 37.1 Å². The van der Waals surface area contributed by atoms with Gasteiger partial charge < -0.3 is 5.73 Å². The Balaban J connectivity index is 2.51. The number of sulfonamides is 1. The molecule has 9 heteroatoms. The Morgan fingerprint density at radius 1 is 1.40 bits per heavy atom. The number of benzene rings is 1. The summed E-state index contributed by atoms with van der Waals surface area (Å²) < 4.78 is 25.8. The number of amides is 2. The highest BCUT2D eigenvalue weighted by atomic mass is 35.5. The summed E-state index contributed by atoms with van der Waals surface area (Å²) in [6.07, 6.45) is 0. The van der Waals surface area contributed by atoms with Crippen molar-refractivity contribution in [1.82, 2.24) is 9.62 Å². The number of nitrogens with one attached hydrogen (secondary N) is 1. The van der Waals surface area contributed by atoms with Crippen LogP contribution in [0.5, 0.6) is 0 Å². The first-order valence-electron chi connectivity index (χ1n) is 5.64. The molecule has 0 bridgehead atoms. The molecular formula is C11H12ClN3O4S. The monoisotopic (exact) mass is 317 g/mol. The minimum absolute atomic E-state index is 0.0233. The van der Waals surface area contributed by atoms with Crippen LogP contribution in [0.25, 0.3) is 0 Å². The number of carbonyl (C=O) groups excluding carboxylic acids is 2. The third-order valence-corrected chi connectivity index (χ3v) is 5.31. The van der Waals surface area contributed by atoms with Crippen molar-refractivity contribution in [2.75, 3.05) is 12.3 Å². The van der Waals surface area contributed by atoms with Crippen LogP contribution in [0, 0.1) is 0 Å². The summed E-state index contributed by atoms with van der Waals surface area (Å²) in [5.74, 6) is -1.36. The molecule has 1 unspecified atom stereocenters. The van der Waals surface area contributed by atoms with E-state index in [1.807, 2.05) is 0 Å². The molecule has 2 rings (SSSR count). The molecule has 2 amide bonds. The fourth-order valence-electron chi connectivity index (χ4n) is 1.83. The van der Waals surface area contributed by atoms with Gasteiger partial charge >= 0.3 is 0 Å². The van der Waals surface area contributed by atoms with Crippen LogP contribution in [0.1, 0.15) is 6.92 Å². The quantitative estimate of drug-likeness (QED) is 0.587. The van der Waals surface area contributed by atoms with Gasteiger partial charge in [-0.15, -0.1) is 0 Å². The van der Waals surface area contributed by atoms with Gasteiger partial charge in [0.25, 0.3) is 0 Å². The van der Waals surface area contributed by atoms with E-state index in [0.717, 1.165) is 4.31 Å². The highest BCUT2D eigenvalue weighted by molar-refractivity contribution is 7.89. The number of carbonyl (C=O) groups is 2. The van der Waals surface area contributed by atoms with Crippen molar-refractivity contribution in [2.24, 2.45) is 0 Å². The van der Waals surface area contributed by atoms with Crippen molar-refractivity contribution in [2.45, 2.75) is 17.9 Å². The maximum atomic E-state index is 12.5. The zero-order chi connectivity index (χ0) is 15.1. The number of nitrogens with two attached hydrogens (primary N) is 1. The number of imide groups is 1. The molecule has 7 nitrogen and oxygen atoms in total. The molecular weight excluding hydrogens is 306 g/mol. The van der Waals surface area contributed by atoms with Gasteiger partial charge in [-0.1, -0.05) is 11.6 Å². The average Bonchev–Trinajstić information content (AvgIpc) is 2.36. The van der Waals surface area contributed by atoms with Crippen molar-refractivity contribution in [1.29, 1.82) is 0 Å². The van der Waals surface area contributed by atoms with Gasteiger partial charge in [-0.2, -0.15) is 4.31 Å². The van der Waals surface area contributed by atoms with Gasteiger partial charge in [-0.05, 0) is 25.1 Å². The predicted octanol–water partition coefficient (Wildman–Crippen LogP) is -0.0422. The first kappa shape index (κ1) is 14.8. The largest absolute Gasteiger partial charge is 0.399 e. The van der Waals surface area contributed by atoms with Gasteiger partial charge in [0.15, 0.2) is 0 Å². The minimum Gasteiger partial charge on any atom is -0.399 e. The summed E-state index contributed by atoms with van der Waals surface area (Å²) in [6.45, 7) is 0.944. The number of anilines is 1. The molecule has 1 aliphatic rings. The number of hydrogen-bond donors (Lipinski definition) is 2. The SMILES string of the molecule is CC1C(=O)NC(=O)CN1S(=O)(=O)c1cc(N)ccc1Cl. The Kier molecular flexibility index (Phi) is 3.72. The minimum atomic E-state index is -4.09. The van der Waals surface area contributed by atoms with Crippen molar-refractivity contribution in [3.05, 3.63) is 23.2 Å². The molecule has 1 atom stereocenters. The smallest absolute Gasteiger partial charge is 0.245 e. The lowest BCUT2D eigenvalue weighted by Gasteiger charge is -2.30. The van der Waals surface area contributed by atoms with E-state index in [1.54, 1.807) is 0 Å². The third-order valence-electron chi connectivity index (χ3n) is 2.92. The second-order valence-electron chi connectivity index (χ2n) is 4.33. The molecule has 1 fully saturated rings. The maximum Gasteiger partial charge on any atom is 0.245 e. The van der Waals surface area contributed by atoms with Crippen LogP contribution >= 0.6 is 11.6 Å². The lowest BCUT2D eigenvalue weighted by molar-refractivity contribution is -0.136. The predicted molar refractivity (Wildman–Crippen MR) is 72.4 cm³/mol. The van der Waals surface area contributed by atoms with Gasteiger partial charge in [-0.3, -0.25) is 14.9 Å². The van der Waals surface area contributed by atoms with Gasteiger partial charge in [0.05, 0.1) is 11.6 Å². The lowest BCUT2D eigenvalue weighted by Crippen LogP contribution is -2.58. The number of hydrogen-bond acceptors (Lipinski definition) is 5. The van der Waals surface area contributed by atoms with Crippen LogP contribution in [0.2, 0.25) is 5.02 Å². The highest BCUT2D eigenvalue weighted by Gasteiger charge is 2.39. The Morgan fingerprint density at radius 2 is 2.05 bits per heavy atom. The Hall–Kier alpha value is -1.64. The molecule has 3 N–H and O–H groups in total. The van der Waals surface area contributed by atoms with Crippen LogP contribution in [0.3, 0.4) is 0 Å². The Morgan fingerprint density at radius 3 is 2.70 bits per heavy atom. The number of rotatable bonds is 2. The zero-order valence-electron chi connectivity index (χ0n) is 10.5. The average molecular weight is 318 g/mol. The van der Waals surface area contributed by atoms with Crippen molar-refractivity contribution in [3.63, 3.8) is 0 Å². The van der Waals surface area contributed by atoms with Gasteiger partial charge in [-0.25, -0.2) is 8.42 Å². The molecule has 108 valence electrons. The zero-order valence-corrected chi connectivity index (χ0v) is 12.0. The summed E-state index contributed by atoms with van der Waals surface area (Å²) in [7, 11) is -4.09. The summed E-state index contributed by atoms with van der Waals surface area (Å²) >= 11 is 5.87.